The molecule has 0 amide bonds. The third-order valence-corrected chi connectivity index (χ3v) is 4.93. The minimum atomic E-state index is -0.236. The Hall–Kier alpha value is -2.84. The highest BCUT2D eigenvalue weighted by Crippen LogP contribution is 2.34. The molecule has 25 heavy (non-hydrogen) atoms. The van der Waals surface area contributed by atoms with Gasteiger partial charge in [-0.15, -0.1) is 11.3 Å². The molecule has 0 fully saturated rings. The Balaban J connectivity index is 1.93. The van der Waals surface area contributed by atoms with Crippen LogP contribution in [0.5, 0.6) is 0 Å². The summed E-state index contributed by atoms with van der Waals surface area (Å²) in [7, 11) is 0. The first kappa shape index (κ1) is 17.0. The normalized spacial score (nSPS) is 10.4. The highest BCUT2D eigenvalue weighted by molar-refractivity contribution is 7.15. The third kappa shape index (κ3) is 4.17. The molecule has 0 unspecified atom stereocenters. The first-order valence-corrected chi connectivity index (χ1v) is 8.81. The lowest BCUT2D eigenvalue weighted by Crippen LogP contribution is -2.07. The van der Waals surface area contributed by atoms with Gasteiger partial charge in [0.2, 0.25) is 0 Å². The van der Waals surface area contributed by atoms with Crippen molar-refractivity contribution in [3.8, 4) is 16.5 Å². The lowest BCUT2D eigenvalue weighted by atomic mass is 10.1. The number of ether oxygens (including phenoxy) is 1. The molecule has 3 aromatic rings. The minimum Gasteiger partial charge on any atom is -0.469 e. The van der Waals surface area contributed by atoms with Crippen LogP contribution in [0.2, 0.25) is 0 Å². The summed E-state index contributed by atoms with van der Waals surface area (Å²) in [5, 5.41) is 8.96. The fourth-order valence-electron chi connectivity index (χ4n) is 2.60. The van der Waals surface area contributed by atoms with Crippen molar-refractivity contribution >= 4 is 17.3 Å². The summed E-state index contributed by atoms with van der Waals surface area (Å²) in [6.45, 7) is 2.17. The average molecular weight is 351 g/mol. The number of nitrogens with zero attached hydrogens (tertiary/aromatic N) is 1. The zero-order valence-electron chi connectivity index (χ0n) is 13.8. The predicted octanol–water partition coefficient (Wildman–Crippen LogP) is 4.58. The predicted molar refractivity (Wildman–Crippen MR) is 96.3 cm³/mol. The second-order valence-corrected chi connectivity index (χ2v) is 6.63. The van der Waals surface area contributed by atoms with Crippen molar-refractivity contribution in [2.75, 3.05) is 6.61 Å². The van der Waals surface area contributed by atoms with E-state index in [-0.39, 0.29) is 12.4 Å². The van der Waals surface area contributed by atoms with Gasteiger partial charge in [-0.3, -0.25) is 4.79 Å². The van der Waals surface area contributed by atoms with Crippen LogP contribution >= 0.6 is 11.3 Å². The summed E-state index contributed by atoms with van der Waals surface area (Å²) in [4.78, 5) is 14.1. The Labute approximate surface area is 150 Å². The molecular weight excluding hydrogens is 334 g/mol. The summed E-state index contributed by atoms with van der Waals surface area (Å²) in [6.07, 6.45) is 2.57. The van der Waals surface area contributed by atoms with E-state index in [1.54, 1.807) is 36.7 Å². The fourth-order valence-corrected chi connectivity index (χ4v) is 3.79. The SMILES string of the molecule is CCOC(=O)Cc1cc(Cc2ccco2)sc1-c1ccc(C#N)cc1. The molecule has 2 aromatic heterocycles. The number of esters is 1. The van der Waals surface area contributed by atoms with Gasteiger partial charge in [-0.2, -0.15) is 5.26 Å². The number of hydrogen-bond donors (Lipinski definition) is 0. The number of thiophene rings is 1. The van der Waals surface area contributed by atoms with Crippen LogP contribution in [0.1, 0.15) is 28.7 Å². The van der Waals surface area contributed by atoms with Crippen molar-refractivity contribution in [3.63, 3.8) is 0 Å². The van der Waals surface area contributed by atoms with Crippen LogP contribution in [0.4, 0.5) is 0 Å². The van der Waals surface area contributed by atoms with Crippen LogP contribution in [-0.2, 0) is 22.4 Å². The van der Waals surface area contributed by atoms with Gasteiger partial charge in [0.15, 0.2) is 0 Å². The molecule has 0 spiro atoms. The summed E-state index contributed by atoms with van der Waals surface area (Å²) >= 11 is 1.63. The lowest BCUT2D eigenvalue weighted by Gasteiger charge is -2.04. The zero-order valence-corrected chi connectivity index (χ0v) is 14.6. The second-order valence-electron chi connectivity index (χ2n) is 5.49. The van der Waals surface area contributed by atoms with Crippen LogP contribution in [0, 0.1) is 11.3 Å². The van der Waals surface area contributed by atoms with Gasteiger partial charge >= 0.3 is 5.97 Å². The third-order valence-electron chi connectivity index (χ3n) is 3.70. The topological polar surface area (TPSA) is 63.2 Å². The Morgan fingerprint density at radius 3 is 2.72 bits per heavy atom. The number of hydrogen-bond acceptors (Lipinski definition) is 5. The second kappa shape index (κ2) is 7.82. The Morgan fingerprint density at radius 2 is 2.08 bits per heavy atom. The molecule has 0 atom stereocenters. The van der Waals surface area contributed by atoms with E-state index in [4.69, 9.17) is 14.4 Å². The first-order valence-electron chi connectivity index (χ1n) is 7.99. The van der Waals surface area contributed by atoms with Crippen LogP contribution in [0.3, 0.4) is 0 Å². The van der Waals surface area contributed by atoms with Gasteiger partial charge < -0.3 is 9.15 Å². The largest absolute Gasteiger partial charge is 0.469 e. The molecule has 0 radical (unpaired) electrons. The highest BCUT2D eigenvalue weighted by Gasteiger charge is 2.16. The fraction of sp³-hybridized carbons (Fsp3) is 0.200. The molecule has 0 saturated heterocycles. The van der Waals surface area contributed by atoms with E-state index >= 15 is 0 Å². The first-order chi connectivity index (χ1) is 12.2. The van der Waals surface area contributed by atoms with Gasteiger partial charge in [0.05, 0.1) is 30.9 Å². The lowest BCUT2D eigenvalue weighted by molar-refractivity contribution is -0.142. The number of carbonyl (C=O) groups is 1. The number of furan rings is 1. The Kier molecular flexibility index (Phi) is 5.32. The molecule has 0 aliphatic carbocycles. The van der Waals surface area contributed by atoms with Crippen molar-refractivity contribution < 1.29 is 13.9 Å². The van der Waals surface area contributed by atoms with Crippen molar-refractivity contribution in [3.05, 3.63) is 70.5 Å². The molecule has 4 nitrogen and oxygen atoms in total. The van der Waals surface area contributed by atoms with Gasteiger partial charge in [-0.05, 0) is 48.4 Å². The molecule has 5 heteroatoms. The standard InChI is InChI=1S/C20H17NO3S/c1-2-23-19(22)11-16-10-18(12-17-4-3-9-24-17)25-20(16)15-7-5-14(13-21)6-8-15/h3-10H,2,11-12H2,1H3. The van der Waals surface area contributed by atoms with Gasteiger partial charge in [0, 0.05) is 16.2 Å². The molecule has 126 valence electrons. The Morgan fingerprint density at radius 1 is 1.28 bits per heavy atom. The van der Waals surface area contributed by atoms with Crippen molar-refractivity contribution in [1.29, 1.82) is 5.26 Å². The molecule has 2 heterocycles. The maximum absolute atomic E-state index is 11.9. The van der Waals surface area contributed by atoms with E-state index in [0.29, 0.717) is 18.6 Å². The van der Waals surface area contributed by atoms with E-state index in [0.717, 1.165) is 26.6 Å². The smallest absolute Gasteiger partial charge is 0.310 e. The zero-order chi connectivity index (χ0) is 17.6. The maximum Gasteiger partial charge on any atom is 0.310 e. The molecule has 0 bridgehead atoms. The molecule has 1 aromatic carbocycles. The highest BCUT2D eigenvalue weighted by atomic mass is 32.1. The quantitative estimate of drug-likeness (QED) is 0.610. The molecular formula is C20H17NO3S. The monoisotopic (exact) mass is 351 g/mol. The summed E-state index contributed by atoms with van der Waals surface area (Å²) in [5.74, 6) is 0.648. The van der Waals surface area contributed by atoms with Crippen molar-refractivity contribution in [2.45, 2.75) is 19.8 Å². The van der Waals surface area contributed by atoms with E-state index in [9.17, 15) is 4.79 Å². The van der Waals surface area contributed by atoms with Crippen molar-refractivity contribution in [1.82, 2.24) is 0 Å². The number of benzene rings is 1. The molecule has 3 rings (SSSR count). The molecule has 0 N–H and O–H groups in total. The Bertz CT molecular complexity index is 886. The van der Waals surface area contributed by atoms with Gasteiger partial charge in [-0.1, -0.05) is 12.1 Å². The number of carbonyl (C=O) groups excluding carboxylic acids is 1. The van der Waals surface area contributed by atoms with E-state index < -0.39 is 0 Å². The maximum atomic E-state index is 11.9. The van der Waals surface area contributed by atoms with E-state index in [2.05, 4.69) is 6.07 Å². The van der Waals surface area contributed by atoms with Crippen LogP contribution in [0.15, 0.2) is 53.1 Å². The molecule has 0 aliphatic heterocycles. The van der Waals surface area contributed by atoms with E-state index in [1.165, 1.54) is 0 Å². The van der Waals surface area contributed by atoms with Gasteiger partial charge in [0.25, 0.3) is 0 Å². The molecule has 0 aliphatic rings. The average Bonchev–Trinajstić information content (AvgIpc) is 3.25. The molecule has 0 saturated carbocycles. The summed E-state index contributed by atoms with van der Waals surface area (Å²) in [5.41, 5.74) is 2.55. The number of nitriles is 1. The van der Waals surface area contributed by atoms with E-state index in [1.807, 2.05) is 30.3 Å². The van der Waals surface area contributed by atoms with Crippen LogP contribution in [-0.4, -0.2) is 12.6 Å². The van der Waals surface area contributed by atoms with Crippen molar-refractivity contribution in [2.24, 2.45) is 0 Å². The minimum absolute atomic E-state index is 0.234. The van der Waals surface area contributed by atoms with Gasteiger partial charge in [0.1, 0.15) is 5.76 Å². The number of rotatable bonds is 6. The summed E-state index contributed by atoms with van der Waals surface area (Å²) in [6, 6.07) is 15.4. The van der Waals surface area contributed by atoms with Crippen LogP contribution < -0.4 is 0 Å². The summed E-state index contributed by atoms with van der Waals surface area (Å²) < 4.78 is 10.5. The van der Waals surface area contributed by atoms with Crippen LogP contribution in [0.25, 0.3) is 10.4 Å². The van der Waals surface area contributed by atoms with Gasteiger partial charge in [-0.25, -0.2) is 0 Å².